The number of hydrogen-bond donors (Lipinski definition) is 3. The maximum absolute atomic E-state index is 13.2. The third-order valence-electron chi connectivity index (χ3n) is 5.78. The van der Waals surface area contributed by atoms with Gasteiger partial charge in [0.1, 0.15) is 24.2 Å². The van der Waals surface area contributed by atoms with Gasteiger partial charge in [-0.15, -0.1) is 0 Å². The third-order valence-corrected chi connectivity index (χ3v) is 5.78. The van der Waals surface area contributed by atoms with E-state index in [0.717, 1.165) is 46.6 Å². The van der Waals surface area contributed by atoms with Crippen molar-refractivity contribution in [3.05, 3.63) is 82.8 Å². The fourth-order valence-electron chi connectivity index (χ4n) is 3.91. The zero-order valence-corrected chi connectivity index (χ0v) is 20.6. The van der Waals surface area contributed by atoms with Gasteiger partial charge in [0, 0.05) is 12.0 Å². The summed E-state index contributed by atoms with van der Waals surface area (Å²) in [7, 11) is 1.74. The smallest absolute Gasteiger partial charge is 0.326 e. The first kappa shape index (κ1) is 26.2. The molecule has 0 saturated carbocycles. The van der Waals surface area contributed by atoms with Crippen LogP contribution in [0.15, 0.2) is 59.0 Å². The number of carboxylic acids is 1. The van der Waals surface area contributed by atoms with E-state index < -0.39 is 17.9 Å². The van der Waals surface area contributed by atoms with Crippen molar-refractivity contribution in [2.75, 3.05) is 13.6 Å². The van der Waals surface area contributed by atoms with Crippen molar-refractivity contribution in [2.24, 2.45) is 0 Å². The van der Waals surface area contributed by atoms with Crippen LogP contribution < -0.4 is 10.6 Å². The van der Waals surface area contributed by atoms with Gasteiger partial charge in [-0.2, -0.15) is 0 Å². The Morgan fingerprint density at radius 2 is 1.80 bits per heavy atom. The van der Waals surface area contributed by atoms with Gasteiger partial charge in [-0.3, -0.25) is 4.79 Å². The molecule has 0 aliphatic carbocycles. The number of aryl methyl sites for hydroxylation is 2. The van der Waals surface area contributed by atoms with Crippen LogP contribution in [0.1, 0.15) is 52.8 Å². The number of hydrogen-bond acceptors (Lipinski definition) is 5. The van der Waals surface area contributed by atoms with Crippen LogP contribution in [0.3, 0.4) is 0 Å². The van der Waals surface area contributed by atoms with Crippen molar-refractivity contribution in [3.8, 4) is 11.1 Å². The molecule has 3 aromatic rings. The molecule has 0 spiro atoms. The second kappa shape index (κ2) is 12.9. The van der Waals surface area contributed by atoms with Gasteiger partial charge < -0.3 is 24.9 Å². The molecule has 3 N–H and O–H groups in total. The Bertz CT molecular complexity index is 1140. The number of ether oxygens (including phenoxy) is 1. The van der Waals surface area contributed by atoms with Crippen molar-refractivity contribution >= 4 is 11.9 Å². The summed E-state index contributed by atoms with van der Waals surface area (Å²) < 4.78 is 11.7. The van der Waals surface area contributed by atoms with Crippen molar-refractivity contribution in [1.82, 2.24) is 10.6 Å². The molecule has 1 amide bonds. The molecule has 2 aromatic carbocycles. The second-order valence-electron chi connectivity index (χ2n) is 8.56. The summed E-state index contributed by atoms with van der Waals surface area (Å²) in [5, 5.41) is 15.1. The van der Waals surface area contributed by atoms with E-state index in [1.807, 2.05) is 55.5 Å². The fraction of sp³-hybridized carbons (Fsp3) is 0.357. The van der Waals surface area contributed by atoms with Gasteiger partial charge in [0.15, 0.2) is 0 Å². The lowest BCUT2D eigenvalue weighted by Gasteiger charge is -2.18. The first-order valence-corrected chi connectivity index (χ1v) is 12.0. The summed E-state index contributed by atoms with van der Waals surface area (Å²) in [6.45, 7) is 5.28. The zero-order valence-electron chi connectivity index (χ0n) is 20.6. The molecule has 0 aliphatic rings. The molecule has 0 fully saturated rings. The molecular formula is C28H34N2O5. The van der Waals surface area contributed by atoms with E-state index in [2.05, 4.69) is 17.6 Å². The van der Waals surface area contributed by atoms with Crippen molar-refractivity contribution in [1.29, 1.82) is 0 Å². The third kappa shape index (κ3) is 7.28. The number of carbonyl (C=O) groups excluding carboxylic acids is 1. The minimum atomic E-state index is -1.06. The predicted octanol–water partition coefficient (Wildman–Crippen LogP) is 4.72. The van der Waals surface area contributed by atoms with E-state index in [0.29, 0.717) is 25.3 Å². The van der Waals surface area contributed by atoms with E-state index in [1.54, 1.807) is 13.1 Å². The zero-order chi connectivity index (χ0) is 25.2. The van der Waals surface area contributed by atoms with Gasteiger partial charge in [-0.1, -0.05) is 37.3 Å². The van der Waals surface area contributed by atoms with E-state index in [1.165, 1.54) is 0 Å². The Morgan fingerprint density at radius 1 is 1.03 bits per heavy atom. The Balaban J connectivity index is 1.81. The summed E-state index contributed by atoms with van der Waals surface area (Å²) in [5.41, 5.74) is 4.00. The van der Waals surface area contributed by atoms with Gasteiger partial charge in [-0.05, 0) is 79.9 Å². The van der Waals surface area contributed by atoms with Gasteiger partial charge in [0.25, 0.3) is 5.91 Å². The van der Waals surface area contributed by atoms with E-state index in [9.17, 15) is 14.7 Å². The topological polar surface area (TPSA) is 101 Å². The molecule has 1 aromatic heterocycles. The van der Waals surface area contributed by atoms with E-state index in [4.69, 9.17) is 9.15 Å². The van der Waals surface area contributed by atoms with Crippen LogP contribution in [-0.2, 0) is 29.2 Å². The van der Waals surface area contributed by atoms with Crippen LogP contribution in [0, 0.1) is 6.92 Å². The van der Waals surface area contributed by atoms with Gasteiger partial charge in [-0.25, -0.2) is 4.79 Å². The summed E-state index contributed by atoms with van der Waals surface area (Å²) in [5.74, 6) is 0.261. The SMILES string of the molecule is CCCc1ccc(COCc2ccc(C(=O)NC(CCNC)C(=O)O)c(-c3ccccc3C)c2)o1. The standard InChI is InChI=1S/C28H34N2O5/c1-4-7-21-11-12-22(35-21)18-34-17-20-10-13-24(25(16-20)23-9-6-5-8-19(23)2)27(31)30-26(28(32)33)14-15-29-3/h5-6,8-13,16,26,29H,4,7,14-15,17-18H2,1-3H3,(H,30,31)(H,32,33). The molecule has 1 unspecified atom stereocenters. The number of carboxylic acid groups (broad SMARTS) is 1. The van der Waals surface area contributed by atoms with E-state index in [-0.39, 0.29) is 6.42 Å². The number of nitrogens with one attached hydrogen (secondary N) is 2. The number of carbonyl (C=O) groups is 2. The molecular weight excluding hydrogens is 444 g/mol. The molecule has 7 heteroatoms. The Morgan fingerprint density at radius 3 is 2.51 bits per heavy atom. The molecule has 35 heavy (non-hydrogen) atoms. The van der Waals surface area contributed by atoms with Gasteiger partial charge in [0.2, 0.25) is 0 Å². The highest BCUT2D eigenvalue weighted by atomic mass is 16.5. The van der Waals surface area contributed by atoms with Crippen molar-refractivity contribution in [3.63, 3.8) is 0 Å². The van der Waals surface area contributed by atoms with Crippen LogP contribution in [0.5, 0.6) is 0 Å². The number of aliphatic carboxylic acids is 1. The highest BCUT2D eigenvalue weighted by Gasteiger charge is 2.22. The van der Waals surface area contributed by atoms with Crippen molar-refractivity contribution in [2.45, 2.75) is 52.4 Å². The number of furan rings is 1. The summed E-state index contributed by atoms with van der Waals surface area (Å²) >= 11 is 0. The van der Waals surface area contributed by atoms with Gasteiger partial charge in [0.05, 0.1) is 6.61 Å². The number of rotatable bonds is 13. The minimum Gasteiger partial charge on any atom is -0.480 e. The molecule has 1 atom stereocenters. The van der Waals surface area contributed by atoms with Crippen LogP contribution in [-0.4, -0.2) is 36.6 Å². The monoisotopic (exact) mass is 478 g/mol. The summed E-state index contributed by atoms with van der Waals surface area (Å²) in [6.07, 6.45) is 2.22. The molecule has 7 nitrogen and oxygen atoms in total. The molecule has 0 radical (unpaired) electrons. The quantitative estimate of drug-likeness (QED) is 0.329. The number of amides is 1. The largest absolute Gasteiger partial charge is 0.480 e. The summed E-state index contributed by atoms with van der Waals surface area (Å²) in [6, 6.07) is 16.3. The maximum atomic E-state index is 13.2. The molecule has 0 bridgehead atoms. The molecule has 3 rings (SSSR count). The molecule has 1 heterocycles. The normalized spacial score (nSPS) is 11.9. The minimum absolute atomic E-state index is 0.288. The lowest BCUT2D eigenvalue weighted by molar-refractivity contribution is -0.139. The highest BCUT2D eigenvalue weighted by Crippen LogP contribution is 2.29. The first-order chi connectivity index (χ1) is 16.9. The molecule has 0 saturated heterocycles. The van der Waals surface area contributed by atoms with Crippen LogP contribution >= 0.6 is 0 Å². The average Bonchev–Trinajstić information content (AvgIpc) is 3.29. The summed E-state index contributed by atoms with van der Waals surface area (Å²) in [4.78, 5) is 24.8. The van der Waals surface area contributed by atoms with Gasteiger partial charge >= 0.3 is 5.97 Å². The second-order valence-corrected chi connectivity index (χ2v) is 8.56. The van der Waals surface area contributed by atoms with Crippen LogP contribution in [0.25, 0.3) is 11.1 Å². The lowest BCUT2D eigenvalue weighted by atomic mass is 9.93. The fourth-order valence-corrected chi connectivity index (χ4v) is 3.91. The maximum Gasteiger partial charge on any atom is 0.326 e. The van der Waals surface area contributed by atoms with E-state index >= 15 is 0 Å². The highest BCUT2D eigenvalue weighted by molar-refractivity contribution is 6.02. The average molecular weight is 479 g/mol. The van der Waals surface area contributed by atoms with Crippen molar-refractivity contribution < 1.29 is 23.8 Å². The predicted molar refractivity (Wildman–Crippen MR) is 135 cm³/mol. The van der Waals surface area contributed by atoms with Crippen LogP contribution in [0.2, 0.25) is 0 Å². The first-order valence-electron chi connectivity index (χ1n) is 12.0. The van der Waals surface area contributed by atoms with Crippen LogP contribution in [0.4, 0.5) is 0 Å². The molecule has 186 valence electrons. The molecule has 0 aliphatic heterocycles. The number of benzene rings is 2. The Hall–Kier alpha value is -3.42. The Labute approximate surface area is 206 Å². The lowest BCUT2D eigenvalue weighted by Crippen LogP contribution is -2.42. The Kier molecular flexibility index (Phi) is 9.64.